The summed E-state index contributed by atoms with van der Waals surface area (Å²) in [7, 11) is 0. The minimum absolute atomic E-state index is 0.246. The van der Waals surface area contributed by atoms with E-state index in [2.05, 4.69) is 15.6 Å². The third kappa shape index (κ3) is 4.97. The quantitative estimate of drug-likeness (QED) is 0.770. The van der Waals surface area contributed by atoms with Crippen molar-refractivity contribution in [2.45, 2.75) is 25.9 Å². The zero-order chi connectivity index (χ0) is 17.6. The average Bonchev–Trinajstić information content (AvgIpc) is 2.55. The number of nitrogens with one attached hydrogen (secondary N) is 2. The lowest BCUT2D eigenvalue weighted by Crippen LogP contribution is -2.25. The maximum Gasteiger partial charge on any atom is 0.416 e. The molecule has 0 aliphatic carbocycles. The van der Waals surface area contributed by atoms with Gasteiger partial charge in [-0.15, -0.1) is 0 Å². The third-order valence-corrected chi connectivity index (χ3v) is 3.31. The van der Waals surface area contributed by atoms with Crippen molar-refractivity contribution in [3.8, 4) is 0 Å². The Hall–Kier alpha value is -2.57. The van der Waals surface area contributed by atoms with Crippen molar-refractivity contribution >= 4 is 17.3 Å². The van der Waals surface area contributed by atoms with Gasteiger partial charge in [-0.1, -0.05) is 13.3 Å². The van der Waals surface area contributed by atoms with Crippen LogP contribution >= 0.6 is 0 Å². The van der Waals surface area contributed by atoms with Gasteiger partial charge in [-0.2, -0.15) is 13.2 Å². The van der Waals surface area contributed by atoms with Crippen LogP contribution in [0.2, 0.25) is 0 Å². The molecule has 1 heterocycles. The fourth-order valence-electron chi connectivity index (χ4n) is 1.98. The van der Waals surface area contributed by atoms with Crippen LogP contribution in [0.25, 0.3) is 0 Å². The Morgan fingerprint density at radius 1 is 1.08 bits per heavy atom. The molecular weight excluding hydrogens is 319 g/mol. The highest BCUT2D eigenvalue weighted by Gasteiger charge is 2.29. The summed E-state index contributed by atoms with van der Waals surface area (Å²) >= 11 is 0. The van der Waals surface area contributed by atoms with Gasteiger partial charge in [-0.3, -0.25) is 4.79 Å². The number of hydrogen-bond donors (Lipinski definition) is 2. The van der Waals surface area contributed by atoms with Gasteiger partial charge >= 0.3 is 6.18 Å². The number of benzene rings is 1. The molecule has 1 aromatic heterocycles. The fourth-order valence-corrected chi connectivity index (χ4v) is 1.98. The van der Waals surface area contributed by atoms with Crippen LogP contribution in [0.5, 0.6) is 0 Å². The molecule has 7 heteroatoms. The van der Waals surface area contributed by atoms with E-state index < -0.39 is 11.7 Å². The Kier molecular flexibility index (Phi) is 5.78. The molecule has 1 amide bonds. The molecule has 0 aliphatic rings. The van der Waals surface area contributed by atoms with Crippen LogP contribution in [0.1, 0.15) is 35.8 Å². The van der Waals surface area contributed by atoms with E-state index in [1.165, 1.54) is 18.3 Å². The molecule has 0 spiro atoms. The highest BCUT2D eigenvalue weighted by atomic mass is 19.4. The van der Waals surface area contributed by atoms with Crippen LogP contribution in [0.3, 0.4) is 0 Å². The summed E-state index contributed by atoms with van der Waals surface area (Å²) in [5.74, 6) is -0.246. The summed E-state index contributed by atoms with van der Waals surface area (Å²) in [4.78, 5) is 15.9. The summed E-state index contributed by atoms with van der Waals surface area (Å²) in [6.07, 6.45) is -0.998. The number of amides is 1. The van der Waals surface area contributed by atoms with Crippen molar-refractivity contribution < 1.29 is 18.0 Å². The first kappa shape index (κ1) is 17.8. The van der Waals surface area contributed by atoms with Crippen molar-refractivity contribution in [1.82, 2.24) is 10.3 Å². The number of anilines is 2. The first-order chi connectivity index (χ1) is 11.4. The monoisotopic (exact) mass is 337 g/mol. The fraction of sp³-hybridized carbons (Fsp3) is 0.294. The smallest absolute Gasteiger partial charge is 0.354 e. The molecule has 0 fully saturated rings. The number of alkyl halides is 3. The van der Waals surface area contributed by atoms with Gasteiger partial charge in [-0.25, -0.2) is 4.98 Å². The Balaban J connectivity index is 1.97. The van der Waals surface area contributed by atoms with Crippen molar-refractivity contribution in [3.05, 3.63) is 53.9 Å². The van der Waals surface area contributed by atoms with E-state index in [4.69, 9.17) is 0 Å². The number of carbonyl (C=O) groups is 1. The van der Waals surface area contributed by atoms with E-state index in [0.717, 1.165) is 25.0 Å². The number of rotatable bonds is 6. The second-order valence-corrected chi connectivity index (χ2v) is 5.24. The number of pyridine rings is 1. The van der Waals surface area contributed by atoms with Gasteiger partial charge in [0.15, 0.2) is 0 Å². The van der Waals surface area contributed by atoms with Gasteiger partial charge in [-0.05, 0) is 42.8 Å². The van der Waals surface area contributed by atoms with Crippen molar-refractivity contribution in [3.63, 3.8) is 0 Å². The number of unbranched alkanes of at least 4 members (excludes halogenated alkanes) is 1. The normalized spacial score (nSPS) is 11.2. The molecule has 0 radical (unpaired) electrons. The number of aromatic nitrogens is 1. The Morgan fingerprint density at radius 2 is 1.75 bits per heavy atom. The molecule has 2 aromatic rings. The van der Waals surface area contributed by atoms with Gasteiger partial charge in [0.1, 0.15) is 5.69 Å². The molecule has 1 aromatic carbocycles. The number of nitrogens with zero attached hydrogens (tertiary/aromatic N) is 1. The molecule has 2 N–H and O–H groups in total. The predicted molar refractivity (Wildman–Crippen MR) is 86.2 cm³/mol. The SMILES string of the molecule is CCCCNC(=O)c1ccc(Nc2ccc(C(F)(F)F)cc2)cn1. The summed E-state index contributed by atoms with van der Waals surface area (Å²) in [5, 5.41) is 5.70. The molecule has 0 saturated heterocycles. The largest absolute Gasteiger partial charge is 0.416 e. The average molecular weight is 337 g/mol. The van der Waals surface area contributed by atoms with Crippen LogP contribution in [0.4, 0.5) is 24.5 Å². The third-order valence-electron chi connectivity index (χ3n) is 3.31. The number of carbonyl (C=O) groups excluding carboxylic acids is 1. The van der Waals surface area contributed by atoms with Crippen molar-refractivity contribution in [1.29, 1.82) is 0 Å². The molecule has 2 rings (SSSR count). The molecule has 0 unspecified atom stereocenters. The molecule has 24 heavy (non-hydrogen) atoms. The van der Waals surface area contributed by atoms with E-state index in [9.17, 15) is 18.0 Å². The zero-order valence-electron chi connectivity index (χ0n) is 13.2. The Bertz CT molecular complexity index is 667. The Labute approximate surface area is 138 Å². The maximum absolute atomic E-state index is 12.5. The number of halogens is 3. The lowest BCUT2D eigenvalue weighted by atomic mass is 10.2. The Morgan fingerprint density at radius 3 is 2.29 bits per heavy atom. The van der Waals surface area contributed by atoms with Gasteiger partial charge in [0.05, 0.1) is 17.4 Å². The highest BCUT2D eigenvalue weighted by Crippen LogP contribution is 2.30. The molecular formula is C17H18F3N3O. The van der Waals surface area contributed by atoms with Gasteiger partial charge < -0.3 is 10.6 Å². The topological polar surface area (TPSA) is 54.0 Å². The van der Waals surface area contributed by atoms with Gasteiger partial charge in [0.25, 0.3) is 5.91 Å². The minimum Gasteiger partial charge on any atom is -0.354 e. The van der Waals surface area contributed by atoms with Crippen molar-refractivity contribution in [2.75, 3.05) is 11.9 Å². The first-order valence-electron chi connectivity index (χ1n) is 7.58. The van der Waals surface area contributed by atoms with Crippen molar-refractivity contribution in [2.24, 2.45) is 0 Å². The summed E-state index contributed by atoms with van der Waals surface area (Å²) in [6.45, 7) is 2.63. The van der Waals surface area contributed by atoms with E-state index in [-0.39, 0.29) is 5.91 Å². The van der Waals surface area contributed by atoms with E-state index >= 15 is 0 Å². The summed E-state index contributed by atoms with van der Waals surface area (Å²) in [6, 6.07) is 7.91. The van der Waals surface area contributed by atoms with Gasteiger partial charge in [0.2, 0.25) is 0 Å². The van der Waals surface area contributed by atoms with Crippen LogP contribution in [-0.2, 0) is 6.18 Å². The van der Waals surface area contributed by atoms with E-state index in [1.54, 1.807) is 12.1 Å². The number of hydrogen-bond acceptors (Lipinski definition) is 3. The van der Waals surface area contributed by atoms with E-state index in [1.807, 2.05) is 6.92 Å². The molecule has 4 nitrogen and oxygen atoms in total. The minimum atomic E-state index is -4.35. The summed E-state index contributed by atoms with van der Waals surface area (Å²) < 4.78 is 37.5. The zero-order valence-corrected chi connectivity index (χ0v) is 13.2. The van der Waals surface area contributed by atoms with Crippen LogP contribution in [-0.4, -0.2) is 17.4 Å². The second-order valence-electron chi connectivity index (χ2n) is 5.24. The van der Waals surface area contributed by atoms with E-state index in [0.29, 0.717) is 23.6 Å². The predicted octanol–water partition coefficient (Wildman–Crippen LogP) is 4.37. The molecule has 0 saturated carbocycles. The molecule has 0 bridgehead atoms. The van der Waals surface area contributed by atoms with Crippen LogP contribution < -0.4 is 10.6 Å². The maximum atomic E-state index is 12.5. The van der Waals surface area contributed by atoms with Gasteiger partial charge in [0, 0.05) is 12.2 Å². The summed E-state index contributed by atoms with van der Waals surface area (Å²) in [5.41, 5.74) is 0.680. The lowest BCUT2D eigenvalue weighted by molar-refractivity contribution is -0.137. The van der Waals surface area contributed by atoms with Crippen LogP contribution in [0.15, 0.2) is 42.6 Å². The highest BCUT2D eigenvalue weighted by molar-refractivity contribution is 5.92. The second kappa shape index (κ2) is 7.81. The molecule has 0 aliphatic heterocycles. The lowest BCUT2D eigenvalue weighted by Gasteiger charge is -2.10. The molecule has 0 atom stereocenters. The van der Waals surface area contributed by atoms with Crippen LogP contribution in [0, 0.1) is 0 Å². The molecule has 128 valence electrons. The standard InChI is InChI=1S/C17H18F3N3O/c1-2-3-10-21-16(24)15-9-8-14(11-22-15)23-13-6-4-12(5-7-13)17(18,19)20/h4-9,11,23H,2-3,10H2,1H3,(H,21,24). The first-order valence-corrected chi connectivity index (χ1v) is 7.58.